The standard InChI is InChI=1S/C34H33FN6O5/c1-40-33(44)31(23-10-11-29(46-2)28(42)18-23)32(24-8-9-25(19-36)27(35)17-24)38-34(40)41-15-13-26(14-16-41)37-20-22-5-3-21(4-6-22)7-12-30(43)39-45/h3-12,17-18,26,37,42,45H,13-16,20H2,1-2H3,(H,39,43)/b12-7+. The molecule has 236 valence electrons. The first-order valence-electron chi connectivity index (χ1n) is 14.6. The molecule has 0 saturated carbocycles. The Hall–Kier alpha value is -5.51. The summed E-state index contributed by atoms with van der Waals surface area (Å²) in [5.41, 5.74) is 4.12. The maximum absolute atomic E-state index is 14.8. The molecule has 1 aliphatic heterocycles. The zero-order valence-corrected chi connectivity index (χ0v) is 25.3. The number of anilines is 1. The van der Waals surface area contributed by atoms with Crippen molar-refractivity contribution < 1.29 is 24.2 Å². The van der Waals surface area contributed by atoms with Crippen LogP contribution in [0.15, 0.2) is 71.5 Å². The van der Waals surface area contributed by atoms with Crippen LogP contribution in [0, 0.1) is 17.1 Å². The van der Waals surface area contributed by atoms with Crippen LogP contribution in [0.3, 0.4) is 0 Å². The monoisotopic (exact) mass is 624 g/mol. The van der Waals surface area contributed by atoms with Gasteiger partial charge in [0, 0.05) is 44.4 Å². The number of hydroxylamine groups is 1. The minimum Gasteiger partial charge on any atom is -0.504 e. The number of halogens is 1. The van der Waals surface area contributed by atoms with E-state index in [1.165, 1.54) is 36.0 Å². The van der Waals surface area contributed by atoms with Crippen molar-refractivity contribution in [1.82, 2.24) is 20.3 Å². The van der Waals surface area contributed by atoms with Crippen LogP contribution in [0.5, 0.6) is 11.5 Å². The molecule has 0 spiro atoms. The van der Waals surface area contributed by atoms with E-state index < -0.39 is 11.7 Å². The summed E-state index contributed by atoms with van der Waals surface area (Å²) < 4.78 is 21.4. The third-order valence-corrected chi connectivity index (χ3v) is 7.99. The van der Waals surface area contributed by atoms with Crippen LogP contribution < -0.4 is 26.0 Å². The normalized spacial score (nSPS) is 13.5. The predicted octanol–water partition coefficient (Wildman–Crippen LogP) is 4.12. The van der Waals surface area contributed by atoms with Gasteiger partial charge in [-0.15, -0.1) is 0 Å². The van der Waals surface area contributed by atoms with Gasteiger partial charge in [0.2, 0.25) is 5.95 Å². The molecule has 12 heteroatoms. The van der Waals surface area contributed by atoms with Crippen molar-refractivity contribution in [3.05, 3.63) is 99.6 Å². The molecule has 1 aromatic heterocycles. The molecule has 5 rings (SSSR count). The zero-order chi connectivity index (χ0) is 32.8. The number of aromatic nitrogens is 2. The summed E-state index contributed by atoms with van der Waals surface area (Å²) in [6.07, 6.45) is 4.44. The molecule has 3 aromatic carbocycles. The number of amides is 1. The largest absolute Gasteiger partial charge is 0.504 e. The maximum Gasteiger partial charge on any atom is 0.267 e. The molecule has 0 bridgehead atoms. The highest BCUT2D eigenvalue weighted by Crippen LogP contribution is 2.35. The summed E-state index contributed by atoms with van der Waals surface area (Å²) in [6.45, 7) is 1.90. The molecule has 1 fully saturated rings. The number of hydrogen-bond acceptors (Lipinski definition) is 9. The molecule has 0 atom stereocenters. The third kappa shape index (κ3) is 6.91. The fourth-order valence-corrected chi connectivity index (χ4v) is 5.44. The number of nitrogens with zero attached hydrogens (tertiary/aromatic N) is 4. The maximum atomic E-state index is 14.8. The number of phenolic OH excluding ortho intramolecular Hbond substituents is 1. The number of carbonyl (C=O) groups excluding carboxylic acids is 1. The van der Waals surface area contributed by atoms with Gasteiger partial charge in [-0.2, -0.15) is 5.26 Å². The van der Waals surface area contributed by atoms with E-state index in [0.29, 0.717) is 36.7 Å². The number of nitrogens with one attached hydrogen (secondary N) is 2. The average Bonchev–Trinajstić information content (AvgIpc) is 3.08. The molecule has 46 heavy (non-hydrogen) atoms. The minimum absolute atomic E-state index is 0.120. The number of piperidine rings is 1. The minimum atomic E-state index is -0.723. The van der Waals surface area contributed by atoms with Gasteiger partial charge in [0.15, 0.2) is 11.5 Å². The van der Waals surface area contributed by atoms with Crippen molar-refractivity contribution >= 4 is 17.9 Å². The molecule has 1 amide bonds. The predicted molar refractivity (Wildman–Crippen MR) is 171 cm³/mol. The van der Waals surface area contributed by atoms with Gasteiger partial charge >= 0.3 is 0 Å². The van der Waals surface area contributed by atoms with Crippen molar-refractivity contribution in [2.45, 2.75) is 25.4 Å². The Morgan fingerprint density at radius 3 is 2.48 bits per heavy atom. The lowest BCUT2D eigenvalue weighted by Gasteiger charge is -2.34. The first-order valence-corrected chi connectivity index (χ1v) is 14.6. The third-order valence-electron chi connectivity index (χ3n) is 7.99. The number of phenols is 1. The van der Waals surface area contributed by atoms with Gasteiger partial charge in [0.05, 0.1) is 23.9 Å². The Balaban J connectivity index is 1.37. The van der Waals surface area contributed by atoms with Crippen LogP contribution in [0.4, 0.5) is 10.3 Å². The molecular formula is C34H33FN6O5. The SMILES string of the molecule is COc1ccc(-c2c(-c3ccc(C#N)c(F)c3)nc(N3CCC(NCc4ccc(/C=C/C(=O)NO)cc4)CC3)n(C)c2=O)cc1O. The number of methoxy groups -OCH3 is 1. The zero-order valence-electron chi connectivity index (χ0n) is 25.3. The number of ether oxygens (including phenoxy) is 1. The number of nitriles is 1. The van der Waals surface area contributed by atoms with Gasteiger partial charge in [0.1, 0.15) is 11.9 Å². The Morgan fingerprint density at radius 2 is 1.85 bits per heavy atom. The fraction of sp³-hybridized carbons (Fsp3) is 0.235. The second-order valence-corrected chi connectivity index (χ2v) is 10.9. The summed E-state index contributed by atoms with van der Waals surface area (Å²) in [5.74, 6) is -0.799. The summed E-state index contributed by atoms with van der Waals surface area (Å²) in [5, 5.41) is 31.9. The van der Waals surface area contributed by atoms with Crippen molar-refractivity contribution in [2.24, 2.45) is 7.05 Å². The molecule has 4 N–H and O–H groups in total. The van der Waals surface area contributed by atoms with Crippen LogP contribution >= 0.6 is 0 Å². The van der Waals surface area contributed by atoms with Gasteiger partial charge in [-0.25, -0.2) is 14.9 Å². The second kappa shape index (κ2) is 14.1. The van der Waals surface area contributed by atoms with Gasteiger partial charge in [-0.1, -0.05) is 36.4 Å². The summed E-state index contributed by atoms with van der Waals surface area (Å²) >= 11 is 0. The van der Waals surface area contributed by atoms with E-state index in [4.69, 9.17) is 14.9 Å². The van der Waals surface area contributed by atoms with Crippen LogP contribution in [-0.2, 0) is 18.4 Å². The molecule has 1 aliphatic rings. The molecule has 0 radical (unpaired) electrons. The summed E-state index contributed by atoms with van der Waals surface area (Å²) in [7, 11) is 3.06. The fourth-order valence-electron chi connectivity index (χ4n) is 5.44. The Labute approximate surface area is 264 Å². The number of hydrogen-bond donors (Lipinski definition) is 4. The van der Waals surface area contributed by atoms with E-state index in [1.807, 2.05) is 35.2 Å². The molecule has 0 aliphatic carbocycles. The Bertz CT molecular complexity index is 1880. The first-order chi connectivity index (χ1) is 22.2. The van der Waals surface area contributed by atoms with E-state index in [-0.39, 0.29) is 39.9 Å². The van der Waals surface area contributed by atoms with Crippen molar-refractivity contribution in [3.8, 4) is 40.0 Å². The van der Waals surface area contributed by atoms with Gasteiger partial charge in [0.25, 0.3) is 11.5 Å². The molecule has 2 heterocycles. The number of benzene rings is 3. The number of carbonyl (C=O) groups is 1. The van der Waals surface area contributed by atoms with Crippen LogP contribution in [0.25, 0.3) is 28.5 Å². The molecule has 4 aromatic rings. The molecule has 11 nitrogen and oxygen atoms in total. The number of rotatable bonds is 9. The van der Waals surface area contributed by atoms with E-state index in [1.54, 1.807) is 36.8 Å². The molecule has 0 unspecified atom stereocenters. The van der Waals surface area contributed by atoms with Gasteiger partial charge in [-0.05, 0) is 59.9 Å². The molecular weight excluding hydrogens is 591 g/mol. The lowest BCUT2D eigenvalue weighted by molar-refractivity contribution is -0.124. The smallest absolute Gasteiger partial charge is 0.267 e. The Morgan fingerprint density at radius 1 is 1.13 bits per heavy atom. The van der Waals surface area contributed by atoms with Crippen LogP contribution in [-0.4, -0.2) is 52.0 Å². The van der Waals surface area contributed by atoms with E-state index in [0.717, 1.165) is 24.0 Å². The second-order valence-electron chi connectivity index (χ2n) is 10.9. The quantitative estimate of drug-likeness (QED) is 0.122. The average molecular weight is 625 g/mol. The Kier molecular flexibility index (Phi) is 9.76. The van der Waals surface area contributed by atoms with E-state index >= 15 is 0 Å². The topological polar surface area (TPSA) is 153 Å². The highest BCUT2D eigenvalue weighted by atomic mass is 19.1. The van der Waals surface area contributed by atoms with Crippen LogP contribution in [0.2, 0.25) is 0 Å². The lowest BCUT2D eigenvalue weighted by Crippen LogP contribution is -2.44. The van der Waals surface area contributed by atoms with Crippen molar-refractivity contribution in [1.29, 1.82) is 5.26 Å². The van der Waals surface area contributed by atoms with E-state index in [2.05, 4.69) is 5.32 Å². The highest BCUT2D eigenvalue weighted by molar-refractivity contribution is 5.90. The summed E-state index contributed by atoms with van der Waals surface area (Å²) in [4.78, 5) is 32.0. The molecule has 1 saturated heterocycles. The van der Waals surface area contributed by atoms with Crippen molar-refractivity contribution in [2.75, 3.05) is 25.1 Å². The van der Waals surface area contributed by atoms with Gasteiger partial charge < -0.3 is 20.1 Å². The summed E-state index contributed by atoms with van der Waals surface area (Å²) in [6, 6.07) is 18.5. The lowest BCUT2D eigenvalue weighted by atomic mass is 9.98. The van der Waals surface area contributed by atoms with E-state index in [9.17, 15) is 24.3 Å². The van der Waals surface area contributed by atoms with Gasteiger partial charge in [-0.3, -0.25) is 19.4 Å². The highest BCUT2D eigenvalue weighted by Gasteiger charge is 2.26. The number of aromatic hydroxyl groups is 1. The van der Waals surface area contributed by atoms with Crippen LogP contribution in [0.1, 0.15) is 29.5 Å². The first kappa shape index (κ1) is 31.9. The van der Waals surface area contributed by atoms with Crippen molar-refractivity contribution in [3.63, 3.8) is 0 Å².